The van der Waals surface area contributed by atoms with E-state index in [1.54, 1.807) is 12.1 Å². The number of fused-ring (bicyclic) bond motifs is 1. The molecular weight excluding hydrogens is 523 g/mol. The van der Waals surface area contributed by atoms with Gasteiger partial charge >= 0.3 is 0 Å². The number of carbonyl (C=O) groups is 2. The molecule has 1 aromatic carbocycles. The van der Waals surface area contributed by atoms with Crippen molar-refractivity contribution in [3.8, 4) is 5.75 Å². The highest BCUT2D eigenvalue weighted by atomic mass is 19.1. The van der Waals surface area contributed by atoms with Crippen molar-refractivity contribution >= 4 is 11.8 Å². The number of hydrogen-bond acceptors (Lipinski definition) is 7. The molecule has 4 aliphatic rings. The van der Waals surface area contributed by atoms with Crippen LogP contribution in [0.2, 0.25) is 0 Å². The summed E-state index contributed by atoms with van der Waals surface area (Å²) in [5.41, 5.74) is 8.52. The Morgan fingerprint density at radius 3 is 2.66 bits per heavy atom. The molecule has 2 aromatic rings. The van der Waals surface area contributed by atoms with Crippen molar-refractivity contribution in [2.45, 2.75) is 75.7 Å². The molecule has 3 N–H and O–H groups in total. The van der Waals surface area contributed by atoms with Gasteiger partial charge in [-0.05, 0) is 80.7 Å². The zero-order valence-corrected chi connectivity index (χ0v) is 23.7. The minimum absolute atomic E-state index is 0.0636. The number of benzene rings is 1. The first kappa shape index (κ1) is 28.1. The van der Waals surface area contributed by atoms with Crippen LogP contribution in [-0.2, 0) is 16.1 Å². The van der Waals surface area contributed by atoms with Crippen LogP contribution in [0.1, 0.15) is 62.1 Å². The third-order valence-corrected chi connectivity index (χ3v) is 9.58. The number of rotatable bonds is 7. The van der Waals surface area contributed by atoms with E-state index in [9.17, 15) is 14.0 Å². The zero-order chi connectivity index (χ0) is 28.3. The van der Waals surface area contributed by atoms with Crippen LogP contribution in [0.25, 0.3) is 0 Å². The van der Waals surface area contributed by atoms with Crippen LogP contribution in [0.5, 0.6) is 5.75 Å². The average Bonchev–Trinajstić information content (AvgIpc) is 3.69. The molecule has 9 nitrogen and oxygen atoms in total. The lowest BCUT2D eigenvalue weighted by Crippen LogP contribution is -2.57. The second-order valence-corrected chi connectivity index (χ2v) is 12.0. The summed E-state index contributed by atoms with van der Waals surface area (Å²) < 4.78 is 20.4. The molecule has 41 heavy (non-hydrogen) atoms. The normalized spacial score (nSPS) is 30.1. The molecule has 1 saturated carbocycles. The fourth-order valence-corrected chi connectivity index (χ4v) is 7.37. The molecule has 4 unspecified atom stereocenters. The molecule has 3 saturated heterocycles. The number of halogens is 1. The third-order valence-electron chi connectivity index (χ3n) is 9.58. The summed E-state index contributed by atoms with van der Waals surface area (Å²) in [6.45, 7) is 2.31. The number of nitrogens with zero attached hydrogens (tertiary/aromatic N) is 3. The molecular formula is C31H41FN6O3. The van der Waals surface area contributed by atoms with Crippen LogP contribution >= 0.6 is 0 Å². The van der Waals surface area contributed by atoms with Gasteiger partial charge in [0.15, 0.2) is 0 Å². The summed E-state index contributed by atoms with van der Waals surface area (Å²) >= 11 is 0. The van der Waals surface area contributed by atoms with E-state index in [1.165, 1.54) is 18.7 Å². The quantitative estimate of drug-likeness (QED) is 0.476. The first-order valence-electron chi connectivity index (χ1n) is 15.1. The maximum Gasteiger partial charge on any atom is 0.239 e. The SMILES string of the molecule is COc1cccc(F)c1CN1C[C@H](NC(=O)C2CCC3NNC(c4ccncc4)C3C2)CC[C@H]1C(=O)N1CCCC1. The highest BCUT2D eigenvalue weighted by Gasteiger charge is 2.43. The number of nitrogens with one attached hydrogen (secondary N) is 3. The molecule has 3 aliphatic heterocycles. The minimum atomic E-state index is -0.345. The van der Waals surface area contributed by atoms with Gasteiger partial charge in [-0.2, -0.15) is 0 Å². The van der Waals surface area contributed by atoms with E-state index in [-0.39, 0.29) is 48.2 Å². The number of piperidine rings is 1. The summed E-state index contributed by atoms with van der Waals surface area (Å²) in [6, 6.07) is 8.94. The number of amides is 2. The van der Waals surface area contributed by atoms with Crippen LogP contribution in [-0.4, -0.2) is 71.5 Å². The number of hydrogen-bond donors (Lipinski definition) is 3. The summed E-state index contributed by atoms with van der Waals surface area (Å²) in [6.07, 6.45) is 9.60. The van der Waals surface area contributed by atoms with E-state index in [2.05, 4.69) is 26.1 Å². The Kier molecular flexibility index (Phi) is 8.50. The summed E-state index contributed by atoms with van der Waals surface area (Å²) in [5, 5.41) is 3.33. The Balaban J connectivity index is 1.14. The maximum atomic E-state index is 14.9. The number of likely N-dealkylation sites (tertiary alicyclic amines) is 2. The Morgan fingerprint density at radius 2 is 1.88 bits per heavy atom. The van der Waals surface area contributed by atoms with Gasteiger partial charge in [0.1, 0.15) is 11.6 Å². The van der Waals surface area contributed by atoms with Gasteiger partial charge in [0.25, 0.3) is 0 Å². The van der Waals surface area contributed by atoms with Crippen LogP contribution in [0.15, 0.2) is 42.7 Å². The van der Waals surface area contributed by atoms with Crippen LogP contribution in [0.4, 0.5) is 4.39 Å². The fraction of sp³-hybridized carbons (Fsp3) is 0.581. The van der Waals surface area contributed by atoms with Crippen molar-refractivity contribution in [2.24, 2.45) is 11.8 Å². The lowest BCUT2D eigenvalue weighted by atomic mass is 9.74. The summed E-state index contributed by atoms with van der Waals surface area (Å²) in [4.78, 5) is 35.3. The topological polar surface area (TPSA) is 98.8 Å². The van der Waals surface area contributed by atoms with Crippen molar-refractivity contribution in [1.82, 2.24) is 31.0 Å². The van der Waals surface area contributed by atoms with Gasteiger partial charge in [-0.1, -0.05) is 6.07 Å². The molecule has 0 spiro atoms. The van der Waals surface area contributed by atoms with E-state index in [0.29, 0.717) is 36.2 Å². The standard InChI is InChI=1S/C31H41FN6O3/c1-41-28-6-4-5-25(32)24(28)19-38-18-22(8-10-27(38)31(40)37-15-2-3-16-37)34-30(39)21-7-9-26-23(17-21)29(36-35-26)20-11-13-33-14-12-20/h4-6,11-14,21-23,26-27,29,35-36H,2-3,7-10,15-19H2,1H3,(H,34,39)/t21?,22-,23?,26?,27+,29?/m1/s1. The molecule has 0 bridgehead atoms. The number of ether oxygens (including phenoxy) is 1. The Hall–Kier alpha value is -3.08. The van der Waals surface area contributed by atoms with Gasteiger partial charge in [0.2, 0.25) is 11.8 Å². The summed E-state index contributed by atoms with van der Waals surface area (Å²) in [7, 11) is 1.54. The van der Waals surface area contributed by atoms with Crippen LogP contribution in [0, 0.1) is 17.7 Å². The second-order valence-electron chi connectivity index (χ2n) is 12.0. The van der Waals surface area contributed by atoms with Crippen LogP contribution in [0.3, 0.4) is 0 Å². The molecule has 6 atom stereocenters. The first-order chi connectivity index (χ1) is 20.0. The van der Waals surface area contributed by atoms with E-state index < -0.39 is 0 Å². The van der Waals surface area contributed by atoms with Crippen molar-refractivity contribution in [3.63, 3.8) is 0 Å². The maximum absolute atomic E-state index is 14.9. The number of hydrazine groups is 1. The van der Waals surface area contributed by atoms with Gasteiger partial charge in [0.05, 0.1) is 19.2 Å². The van der Waals surface area contributed by atoms with E-state index >= 15 is 0 Å². The number of pyridine rings is 1. The minimum Gasteiger partial charge on any atom is -0.496 e. The zero-order valence-electron chi connectivity index (χ0n) is 23.7. The lowest BCUT2D eigenvalue weighted by Gasteiger charge is -2.41. The fourth-order valence-electron chi connectivity index (χ4n) is 7.37. The second kappa shape index (κ2) is 12.4. The van der Waals surface area contributed by atoms with Gasteiger partial charge < -0.3 is 15.0 Å². The average molecular weight is 565 g/mol. The Morgan fingerprint density at radius 1 is 1.07 bits per heavy atom. The number of carbonyl (C=O) groups excluding carboxylic acids is 2. The highest BCUT2D eigenvalue weighted by molar-refractivity contribution is 5.82. The van der Waals surface area contributed by atoms with Gasteiger partial charge in [0, 0.05) is 62.1 Å². The lowest BCUT2D eigenvalue weighted by molar-refractivity contribution is -0.138. The molecule has 1 aliphatic carbocycles. The molecule has 4 fully saturated rings. The van der Waals surface area contributed by atoms with E-state index in [0.717, 1.165) is 51.6 Å². The van der Waals surface area contributed by atoms with Crippen LogP contribution < -0.4 is 20.9 Å². The predicted molar refractivity (Wildman–Crippen MR) is 152 cm³/mol. The largest absolute Gasteiger partial charge is 0.496 e. The third kappa shape index (κ3) is 5.96. The molecule has 4 heterocycles. The van der Waals surface area contributed by atoms with Gasteiger partial charge in [-0.15, -0.1) is 0 Å². The highest BCUT2D eigenvalue weighted by Crippen LogP contribution is 2.40. The molecule has 6 rings (SSSR count). The first-order valence-corrected chi connectivity index (χ1v) is 15.1. The Labute approximate surface area is 241 Å². The predicted octanol–water partition coefficient (Wildman–Crippen LogP) is 2.93. The Bertz CT molecular complexity index is 1230. The number of methoxy groups -OCH3 is 1. The molecule has 2 amide bonds. The smallest absolute Gasteiger partial charge is 0.239 e. The number of aromatic nitrogens is 1. The van der Waals surface area contributed by atoms with Crippen molar-refractivity contribution in [3.05, 3.63) is 59.7 Å². The van der Waals surface area contributed by atoms with Crippen molar-refractivity contribution in [1.29, 1.82) is 0 Å². The summed E-state index contributed by atoms with van der Waals surface area (Å²) in [5.74, 6) is 0.586. The monoisotopic (exact) mass is 564 g/mol. The van der Waals surface area contributed by atoms with Crippen molar-refractivity contribution in [2.75, 3.05) is 26.7 Å². The molecule has 10 heteroatoms. The van der Waals surface area contributed by atoms with E-state index in [1.807, 2.05) is 29.4 Å². The van der Waals surface area contributed by atoms with E-state index in [4.69, 9.17) is 4.74 Å². The molecule has 0 radical (unpaired) electrons. The van der Waals surface area contributed by atoms with Gasteiger partial charge in [-0.3, -0.25) is 24.9 Å². The van der Waals surface area contributed by atoms with Gasteiger partial charge in [-0.25, -0.2) is 9.82 Å². The van der Waals surface area contributed by atoms with Crippen molar-refractivity contribution < 1.29 is 18.7 Å². The molecule has 1 aromatic heterocycles. The molecule has 220 valence electrons.